The summed E-state index contributed by atoms with van der Waals surface area (Å²) in [5, 5.41) is 0. The summed E-state index contributed by atoms with van der Waals surface area (Å²) in [7, 11) is -3.13. The summed E-state index contributed by atoms with van der Waals surface area (Å²) < 4.78 is 26.6. The molecule has 7 saturated carbocycles. The molecule has 2 spiro atoms. The zero-order valence-electron chi connectivity index (χ0n) is 11.8. The van der Waals surface area contributed by atoms with E-state index < -0.39 is 9.84 Å². The van der Waals surface area contributed by atoms with Crippen LogP contribution in [0.3, 0.4) is 0 Å². The van der Waals surface area contributed by atoms with Crippen LogP contribution in [0.15, 0.2) is 35.2 Å². The molecule has 8 atom stereocenters. The topological polar surface area (TPSA) is 34.1 Å². The van der Waals surface area contributed by atoms with E-state index in [0.717, 1.165) is 17.8 Å². The Bertz CT molecular complexity index is 826. The Labute approximate surface area is 124 Å². The van der Waals surface area contributed by atoms with E-state index >= 15 is 0 Å². The van der Waals surface area contributed by atoms with Gasteiger partial charge >= 0.3 is 0 Å². The molecule has 1 aromatic carbocycles. The highest BCUT2D eigenvalue weighted by Gasteiger charge is 3.17. The second kappa shape index (κ2) is 2.51. The van der Waals surface area contributed by atoms with Crippen LogP contribution in [0.5, 0.6) is 0 Å². The smallest absolute Gasteiger partial charge is 0.185 e. The summed E-state index contributed by atoms with van der Waals surface area (Å²) in [6, 6.07) is 9.32. The molecule has 7 aliphatic carbocycles. The fraction of sp³-hybridized carbons (Fsp3) is 0.667. The molecule has 0 heterocycles. The van der Waals surface area contributed by atoms with Gasteiger partial charge in [-0.3, -0.25) is 0 Å². The first-order chi connectivity index (χ1) is 10.2. The largest absolute Gasteiger partial charge is 0.223 e. The van der Waals surface area contributed by atoms with Crippen LogP contribution < -0.4 is 0 Å². The quantitative estimate of drug-likeness (QED) is 0.841. The van der Waals surface area contributed by atoms with Gasteiger partial charge in [-0.15, -0.1) is 0 Å². The molecule has 3 heteroatoms. The zero-order valence-corrected chi connectivity index (χ0v) is 12.6. The maximum Gasteiger partial charge on any atom is 0.185 e. The maximum absolute atomic E-state index is 13.5. The van der Waals surface area contributed by atoms with E-state index in [-0.39, 0.29) is 10.2 Å². The highest BCUT2D eigenvalue weighted by atomic mass is 32.2. The van der Waals surface area contributed by atoms with E-state index in [4.69, 9.17) is 0 Å². The molecule has 0 aromatic heterocycles. The van der Waals surface area contributed by atoms with Crippen LogP contribution in [0.25, 0.3) is 0 Å². The number of hydrogen-bond acceptors (Lipinski definition) is 2. The number of rotatable bonds is 2. The molecule has 0 amide bonds. The highest BCUT2D eigenvalue weighted by Crippen LogP contribution is 3.14. The van der Waals surface area contributed by atoms with Crippen molar-refractivity contribution in [1.82, 2.24) is 0 Å². The molecule has 0 aliphatic heterocycles. The van der Waals surface area contributed by atoms with Gasteiger partial charge in [-0.1, -0.05) is 18.2 Å². The fourth-order valence-electron chi connectivity index (χ4n) is 9.31. The average molecular weight is 298 g/mol. The van der Waals surface area contributed by atoms with Crippen molar-refractivity contribution in [2.45, 2.75) is 35.3 Å². The lowest BCUT2D eigenvalue weighted by atomic mass is 9.63. The van der Waals surface area contributed by atoms with Crippen LogP contribution in [0.4, 0.5) is 0 Å². The normalized spacial score (nSPS) is 63.0. The first-order valence-electron chi connectivity index (χ1n) is 8.46. The van der Waals surface area contributed by atoms with Crippen molar-refractivity contribution in [2.75, 3.05) is 0 Å². The Morgan fingerprint density at radius 2 is 1.76 bits per heavy atom. The summed E-state index contributed by atoms with van der Waals surface area (Å²) in [5.74, 6) is 3.51. The first kappa shape index (κ1) is 10.8. The zero-order chi connectivity index (χ0) is 13.8. The number of hydrogen-bond donors (Lipinski definition) is 0. The van der Waals surface area contributed by atoms with E-state index in [1.165, 1.54) is 25.7 Å². The second-order valence-electron chi connectivity index (χ2n) is 8.49. The minimum absolute atomic E-state index is 0.257. The van der Waals surface area contributed by atoms with E-state index in [1.54, 1.807) is 0 Å². The van der Waals surface area contributed by atoms with Gasteiger partial charge in [0.1, 0.15) is 0 Å². The predicted octanol–water partition coefficient (Wildman–Crippen LogP) is 2.89. The fourth-order valence-corrected chi connectivity index (χ4v) is 12.4. The van der Waals surface area contributed by atoms with Gasteiger partial charge in [0.05, 0.1) is 9.64 Å². The van der Waals surface area contributed by atoms with Crippen LogP contribution in [-0.2, 0) is 9.84 Å². The lowest BCUT2D eigenvalue weighted by Crippen LogP contribution is -2.51. The summed E-state index contributed by atoms with van der Waals surface area (Å²) in [5.41, 5.74) is 0.787. The van der Waals surface area contributed by atoms with Crippen molar-refractivity contribution in [1.29, 1.82) is 0 Å². The van der Waals surface area contributed by atoms with Crippen molar-refractivity contribution in [3.8, 4) is 0 Å². The molecule has 0 saturated heterocycles. The summed E-state index contributed by atoms with van der Waals surface area (Å²) in [4.78, 5) is 0.593. The highest BCUT2D eigenvalue weighted by molar-refractivity contribution is 7.93. The van der Waals surface area contributed by atoms with Crippen molar-refractivity contribution < 1.29 is 8.42 Å². The molecule has 4 bridgehead atoms. The molecule has 0 radical (unpaired) electrons. The molecular formula is C18H18O2S. The number of benzene rings is 1. The summed E-state index contributed by atoms with van der Waals surface area (Å²) in [6.07, 6.45) is 5.31. The van der Waals surface area contributed by atoms with Gasteiger partial charge in [0, 0.05) is 5.41 Å². The molecule has 7 aliphatic rings. The van der Waals surface area contributed by atoms with Crippen LogP contribution >= 0.6 is 0 Å². The molecule has 0 N–H and O–H groups in total. The monoisotopic (exact) mass is 298 g/mol. The van der Waals surface area contributed by atoms with Gasteiger partial charge in [0.25, 0.3) is 0 Å². The molecule has 8 rings (SSSR count). The van der Waals surface area contributed by atoms with Gasteiger partial charge in [-0.2, -0.15) is 0 Å². The standard InChI is InChI=1S/C18H18O2S/c19-21(20,12-4-2-1-3-5-12)18-14-9-13-15(18)16(13)10-6-7-11(8-10)17(14,16)18/h1-5,10-11,13-15H,6-9H2/t10-,11-,13+,14-,15+,16-,17-,18-/m0/s1. The maximum atomic E-state index is 13.5. The Morgan fingerprint density at radius 3 is 2.57 bits per heavy atom. The van der Waals surface area contributed by atoms with Gasteiger partial charge in [-0.05, 0) is 72.8 Å². The average Bonchev–Trinajstić information content (AvgIpc) is 2.96. The third-order valence-corrected chi connectivity index (χ3v) is 11.6. The van der Waals surface area contributed by atoms with Gasteiger partial charge in [-0.25, -0.2) is 8.42 Å². The van der Waals surface area contributed by atoms with E-state index in [0.29, 0.717) is 22.1 Å². The Kier molecular flexibility index (Phi) is 1.30. The minimum Gasteiger partial charge on any atom is -0.223 e. The van der Waals surface area contributed by atoms with Crippen LogP contribution in [-0.4, -0.2) is 13.2 Å². The molecule has 7 fully saturated rings. The van der Waals surface area contributed by atoms with Gasteiger partial charge in [0.2, 0.25) is 0 Å². The molecule has 1 aromatic rings. The van der Waals surface area contributed by atoms with E-state index in [2.05, 4.69) is 0 Å². The van der Waals surface area contributed by atoms with Gasteiger partial charge < -0.3 is 0 Å². The summed E-state index contributed by atoms with van der Waals surface area (Å²) >= 11 is 0. The molecule has 108 valence electrons. The Balaban J connectivity index is 1.49. The van der Waals surface area contributed by atoms with Crippen molar-refractivity contribution in [3.63, 3.8) is 0 Å². The first-order valence-corrected chi connectivity index (χ1v) is 9.94. The van der Waals surface area contributed by atoms with Crippen molar-refractivity contribution in [3.05, 3.63) is 30.3 Å². The second-order valence-corrected chi connectivity index (χ2v) is 10.6. The molecule has 21 heavy (non-hydrogen) atoms. The van der Waals surface area contributed by atoms with Crippen LogP contribution in [0.1, 0.15) is 25.7 Å². The minimum atomic E-state index is -3.13. The Hall–Kier alpha value is -0.830. The SMILES string of the molecule is O=S(=O)(c1ccccc1)[C@]12[C@@H]3[C@H]4C[C@H]1[C@]21[C@H]2CC[C@@H](C2)[C@]431. The number of sulfone groups is 1. The Morgan fingerprint density at radius 1 is 1.00 bits per heavy atom. The van der Waals surface area contributed by atoms with Crippen LogP contribution in [0.2, 0.25) is 0 Å². The lowest BCUT2D eigenvalue weighted by molar-refractivity contribution is 0.0740. The predicted molar refractivity (Wildman–Crippen MR) is 77.1 cm³/mol. The lowest BCUT2D eigenvalue weighted by Gasteiger charge is -2.45. The molecule has 0 unspecified atom stereocenters. The van der Waals surface area contributed by atoms with Crippen molar-refractivity contribution in [2.24, 2.45) is 40.4 Å². The third-order valence-electron chi connectivity index (χ3n) is 8.97. The third kappa shape index (κ3) is 0.624. The van der Waals surface area contributed by atoms with Gasteiger partial charge in [0.15, 0.2) is 9.84 Å². The molecular weight excluding hydrogens is 280 g/mol. The van der Waals surface area contributed by atoms with Crippen LogP contribution in [0, 0.1) is 40.4 Å². The van der Waals surface area contributed by atoms with Crippen molar-refractivity contribution >= 4 is 9.84 Å². The van der Waals surface area contributed by atoms with E-state index in [9.17, 15) is 8.42 Å². The number of fused-ring (bicyclic) bond motifs is 2. The van der Waals surface area contributed by atoms with E-state index in [1.807, 2.05) is 30.3 Å². The summed E-state index contributed by atoms with van der Waals surface area (Å²) in [6.45, 7) is 0. The molecule has 2 nitrogen and oxygen atoms in total.